The summed E-state index contributed by atoms with van der Waals surface area (Å²) in [5.41, 5.74) is 4.51. The molecule has 0 radical (unpaired) electrons. The van der Waals surface area contributed by atoms with Crippen molar-refractivity contribution in [2.45, 2.75) is 13.3 Å². The molecule has 0 aliphatic carbocycles. The van der Waals surface area contributed by atoms with Crippen LogP contribution in [0.1, 0.15) is 23.6 Å². The van der Waals surface area contributed by atoms with Crippen LogP contribution in [0.3, 0.4) is 0 Å². The number of ether oxygens (including phenoxy) is 3. The van der Waals surface area contributed by atoms with Gasteiger partial charge in [-0.25, -0.2) is 0 Å². The third kappa shape index (κ3) is 3.95. The number of aromatic hydroxyl groups is 1. The van der Waals surface area contributed by atoms with Crippen molar-refractivity contribution < 1.29 is 19.3 Å². The van der Waals surface area contributed by atoms with Gasteiger partial charge in [0.1, 0.15) is 0 Å². The molecule has 6 nitrogen and oxygen atoms in total. The lowest BCUT2D eigenvalue weighted by Gasteiger charge is -2.13. The van der Waals surface area contributed by atoms with Gasteiger partial charge in [-0.05, 0) is 48.4 Å². The van der Waals surface area contributed by atoms with Crippen molar-refractivity contribution in [2.75, 3.05) is 21.3 Å². The van der Waals surface area contributed by atoms with Crippen LogP contribution < -0.4 is 14.2 Å². The summed E-state index contributed by atoms with van der Waals surface area (Å²) in [4.78, 5) is 0. The minimum atomic E-state index is 0.101. The number of allylic oxidation sites excluding steroid dienone is 1. The van der Waals surface area contributed by atoms with Gasteiger partial charge in [0.05, 0.1) is 27.0 Å². The van der Waals surface area contributed by atoms with E-state index in [0.29, 0.717) is 23.7 Å². The molecule has 0 saturated heterocycles. The summed E-state index contributed by atoms with van der Waals surface area (Å²) in [7, 11) is 4.75. The highest BCUT2D eigenvalue weighted by atomic mass is 16.5. The molecule has 1 N–H and O–H groups in total. The normalized spacial score (nSPS) is 13.5. The average Bonchev–Trinajstić information content (AvgIpc) is 2.83. The van der Waals surface area contributed by atoms with E-state index < -0.39 is 0 Å². The Kier molecular flexibility index (Phi) is 5.45. The zero-order valence-electron chi connectivity index (χ0n) is 15.8. The van der Waals surface area contributed by atoms with Crippen molar-refractivity contribution in [3.63, 3.8) is 0 Å². The Labute approximate surface area is 158 Å². The second-order valence-electron chi connectivity index (χ2n) is 6.13. The monoisotopic (exact) mass is 366 g/mol. The van der Waals surface area contributed by atoms with Crippen LogP contribution in [0.2, 0.25) is 0 Å². The minimum Gasteiger partial charge on any atom is -0.504 e. The lowest BCUT2D eigenvalue weighted by atomic mass is 9.97. The Bertz CT molecular complexity index is 945. The van der Waals surface area contributed by atoms with Gasteiger partial charge in [-0.15, -0.1) is 0 Å². The van der Waals surface area contributed by atoms with Gasteiger partial charge in [-0.1, -0.05) is 12.1 Å². The van der Waals surface area contributed by atoms with Gasteiger partial charge in [-0.2, -0.15) is 10.2 Å². The first-order chi connectivity index (χ1) is 13.0. The molecule has 1 aliphatic heterocycles. The topological polar surface area (TPSA) is 72.6 Å². The molecule has 0 amide bonds. The third-order valence-electron chi connectivity index (χ3n) is 4.30. The van der Waals surface area contributed by atoms with E-state index in [9.17, 15) is 5.11 Å². The van der Waals surface area contributed by atoms with Gasteiger partial charge < -0.3 is 19.3 Å². The predicted molar refractivity (Wildman–Crippen MR) is 107 cm³/mol. The van der Waals surface area contributed by atoms with Gasteiger partial charge >= 0.3 is 0 Å². The summed E-state index contributed by atoms with van der Waals surface area (Å²) >= 11 is 0. The van der Waals surface area contributed by atoms with Gasteiger partial charge in [-0.3, -0.25) is 0 Å². The third-order valence-corrected chi connectivity index (χ3v) is 4.30. The Hall–Kier alpha value is -3.28. The first-order valence-corrected chi connectivity index (χ1v) is 8.47. The van der Waals surface area contributed by atoms with Crippen LogP contribution in [0.15, 0.2) is 46.6 Å². The maximum absolute atomic E-state index is 9.74. The number of methoxy groups -OCH3 is 3. The van der Waals surface area contributed by atoms with E-state index in [4.69, 9.17) is 14.2 Å². The number of phenols is 1. The minimum absolute atomic E-state index is 0.101. The molecule has 2 aromatic rings. The fourth-order valence-electron chi connectivity index (χ4n) is 2.91. The number of hydrogen-bond acceptors (Lipinski definition) is 6. The summed E-state index contributed by atoms with van der Waals surface area (Å²) in [5.74, 6) is 1.84. The molecule has 0 spiro atoms. The van der Waals surface area contributed by atoms with Crippen molar-refractivity contribution in [2.24, 2.45) is 10.2 Å². The number of fused-ring (bicyclic) bond motifs is 1. The standard InChI is InChI=1S/C21H22N2O4/c1-13-9-15-11-20(26-3)21(27-4)12-16(15)17(23-22-13)7-5-14-6-8-18(24)19(10-14)25-2/h5-8,10-12,24H,9H2,1-4H3/b7-5+. The Morgan fingerprint density at radius 2 is 1.59 bits per heavy atom. The smallest absolute Gasteiger partial charge is 0.161 e. The maximum atomic E-state index is 9.74. The fraction of sp³-hybridized carbons (Fsp3) is 0.238. The summed E-state index contributed by atoms with van der Waals surface area (Å²) in [5, 5.41) is 18.4. The number of phenolic OH excluding ortho intramolecular Hbond substituents is 1. The SMILES string of the molecule is COc1cc(/C=C/C2=NN=C(C)Cc3cc(OC)c(OC)cc32)ccc1O. The molecule has 6 heteroatoms. The van der Waals surface area contributed by atoms with Crippen LogP contribution in [0.5, 0.6) is 23.0 Å². The van der Waals surface area contributed by atoms with E-state index in [2.05, 4.69) is 10.2 Å². The lowest BCUT2D eigenvalue weighted by Crippen LogP contribution is -2.05. The number of rotatable bonds is 5. The molecule has 3 rings (SSSR count). The highest BCUT2D eigenvalue weighted by Gasteiger charge is 2.17. The molecular weight excluding hydrogens is 344 g/mol. The summed E-state index contributed by atoms with van der Waals surface area (Å²) in [6, 6.07) is 9.04. The van der Waals surface area contributed by atoms with E-state index in [1.807, 2.05) is 31.2 Å². The molecule has 1 aliphatic rings. The second kappa shape index (κ2) is 7.95. The average molecular weight is 366 g/mol. The van der Waals surface area contributed by atoms with Crippen LogP contribution >= 0.6 is 0 Å². The summed E-state index contributed by atoms with van der Waals surface area (Å²) < 4.78 is 16.0. The highest BCUT2D eigenvalue weighted by molar-refractivity contribution is 6.13. The molecule has 0 saturated carbocycles. The predicted octanol–water partition coefficient (Wildman–Crippen LogP) is 3.85. The van der Waals surface area contributed by atoms with E-state index >= 15 is 0 Å². The molecule has 0 atom stereocenters. The fourth-order valence-corrected chi connectivity index (χ4v) is 2.91. The number of nitrogens with zero attached hydrogens (tertiary/aromatic N) is 2. The zero-order valence-corrected chi connectivity index (χ0v) is 15.8. The summed E-state index contributed by atoms with van der Waals surface area (Å²) in [6.07, 6.45) is 4.47. The Morgan fingerprint density at radius 3 is 2.30 bits per heavy atom. The van der Waals surface area contributed by atoms with Crippen LogP contribution in [-0.2, 0) is 6.42 Å². The zero-order chi connectivity index (χ0) is 19.4. The van der Waals surface area contributed by atoms with Gasteiger partial charge in [0.25, 0.3) is 0 Å². The molecule has 2 aromatic carbocycles. The number of benzene rings is 2. The lowest BCUT2D eigenvalue weighted by molar-refractivity contribution is 0.354. The van der Waals surface area contributed by atoms with Gasteiger partial charge in [0, 0.05) is 17.7 Å². The second-order valence-corrected chi connectivity index (χ2v) is 6.13. The van der Waals surface area contributed by atoms with E-state index in [-0.39, 0.29) is 5.75 Å². The van der Waals surface area contributed by atoms with E-state index in [1.54, 1.807) is 32.4 Å². The van der Waals surface area contributed by atoms with Gasteiger partial charge in [0.15, 0.2) is 23.0 Å². The highest BCUT2D eigenvalue weighted by Crippen LogP contribution is 2.33. The molecule has 1 heterocycles. The van der Waals surface area contributed by atoms with Crippen molar-refractivity contribution in [1.29, 1.82) is 0 Å². The Balaban J connectivity index is 2.03. The molecule has 0 aromatic heterocycles. The molecule has 27 heavy (non-hydrogen) atoms. The quantitative estimate of drug-likeness (QED) is 0.872. The van der Waals surface area contributed by atoms with Crippen molar-refractivity contribution in [1.82, 2.24) is 0 Å². The van der Waals surface area contributed by atoms with Crippen LogP contribution in [0, 0.1) is 0 Å². The van der Waals surface area contributed by atoms with Crippen molar-refractivity contribution >= 4 is 17.5 Å². The van der Waals surface area contributed by atoms with Gasteiger partial charge in [0.2, 0.25) is 0 Å². The number of hydrogen-bond donors (Lipinski definition) is 1. The van der Waals surface area contributed by atoms with Crippen molar-refractivity contribution in [3.8, 4) is 23.0 Å². The van der Waals surface area contributed by atoms with Crippen molar-refractivity contribution in [3.05, 3.63) is 53.1 Å². The van der Waals surface area contributed by atoms with Crippen LogP contribution in [0.25, 0.3) is 6.08 Å². The Morgan fingerprint density at radius 1 is 0.889 bits per heavy atom. The van der Waals surface area contributed by atoms with Crippen LogP contribution in [0.4, 0.5) is 0 Å². The van der Waals surface area contributed by atoms with E-state index in [1.165, 1.54) is 7.11 Å². The molecular formula is C21H22N2O4. The van der Waals surface area contributed by atoms with Crippen LogP contribution in [-0.4, -0.2) is 37.9 Å². The van der Waals surface area contributed by atoms with E-state index in [0.717, 1.165) is 28.1 Å². The molecule has 0 unspecified atom stereocenters. The molecule has 0 bridgehead atoms. The first kappa shape index (κ1) is 18.5. The first-order valence-electron chi connectivity index (χ1n) is 8.47. The maximum Gasteiger partial charge on any atom is 0.161 e. The molecule has 0 fully saturated rings. The summed E-state index contributed by atoms with van der Waals surface area (Å²) in [6.45, 7) is 1.95. The molecule has 140 valence electrons. The largest absolute Gasteiger partial charge is 0.504 e.